The molecule has 0 fully saturated rings. The summed E-state index contributed by atoms with van der Waals surface area (Å²) in [5, 5.41) is 11.7. The van der Waals surface area contributed by atoms with Crippen molar-refractivity contribution in [1.82, 2.24) is 15.0 Å². The molecule has 0 bridgehead atoms. The van der Waals surface area contributed by atoms with Gasteiger partial charge in [-0.1, -0.05) is 18.2 Å². The van der Waals surface area contributed by atoms with Crippen LogP contribution in [-0.2, 0) is 0 Å². The zero-order valence-corrected chi connectivity index (χ0v) is 14.8. The lowest BCUT2D eigenvalue weighted by Crippen LogP contribution is -2.01. The predicted molar refractivity (Wildman–Crippen MR) is 99.0 cm³/mol. The zero-order valence-electron chi connectivity index (χ0n) is 14.8. The Morgan fingerprint density at radius 3 is 2.23 bits per heavy atom. The van der Waals surface area contributed by atoms with Gasteiger partial charge < -0.3 is 15.2 Å². The van der Waals surface area contributed by atoms with Crippen LogP contribution in [0.15, 0.2) is 54.7 Å². The summed E-state index contributed by atoms with van der Waals surface area (Å²) in [4.78, 5) is 22.8. The number of hydrogen-bond donors (Lipinski definition) is 2. The first-order valence-electron chi connectivity index (χ1n) is 7.86. The van der Waals surface area contributed by atoms with E-state index in [9.17, 15) is 4.79 Å². The first-order chi connectivity index (χ1) is 12.5. The highest BCUT2D eigenvalue weighted by molar-refractivity contribution is 5.89. The molecule has 0 aliphatic heterocycles. The van der Waals surface area contributed by atoms with E-state index < -0.39 is 5.97 Å². The molecule has 0 amide bonds. The number of hydrogen-bond acceptors (Lipinski definition) is 6. The molecule has 0 aliphatic rings. The Labute approximate surface area is 151 Å². The van der Waals surface area contributed by atoms with Gasteiger partial charge in [-0.15, -0.1) is 0 Å². The molecule has 2 N–H and O–H groups in total. The van der Waals surface area contributed by atoms with Crippen LogP contribution in [0.1, 0.15) is 21.7 Å². The van der Waals surface area contributed by atoms with Crippen LogP contribution in [0.4, 0.5) is 11.6 Å². The monoisotopic (exact) mass is 352 g/mol. The van der Waals surface area contributed by atoms with E-state index in [0.29, 0.717) is 5.95 Å². The summed E-state index contributed by atoms with van der Waals surface area (Å²) in [6.07, 6.45) is 1.48. The first-order valence-corrected chi connectivity index (χ1v) is 7.86. The molecule has 0 spiro atoms. The predicted octanol–water partition coefficient (Wildman–Crippen LogP) is 3.63. The Morgan fingerprint density at radius 1 is 1.04 bits per heavy atom. The Kier molecular flexibility index (Phi) is 6.61. The van der Waals surface area contributed by atoms with E-state index in [-0.39, 0.29) is 11.4 Å². The number of aromatic carboxylic acids is 1. The maximum Gasteiger partial charge on any atom is 0.341 e. The van der Waals surface area contributed by atoms with Crippen molar-refractivity contribution in [2.24, 2.45) is 0 Å². The highest BCUT2D eigenvalue weighted by Gasteiger charge is 2.09. The van der Waals surface area contributed by atoms with Crippen molar-refractivity contribution < 1.29 is 14.6 Å². The maximum atomic E-state index is 10.5. The molecule has 26 heavy (non-hydrogen) atoms. The fraction of sp³-hybridized carbons (Fsp3) is 0.158. The van der Waals surface area contributed by atoms with Gasteiger partial charge >= 0.3 is 5.97 Å². The number of carboxylic acids is 1. The number of para-hydroxylation sites is 1. The quantitative estimate of drug-likeness (QED) is 0.740. The normalized spacial score (nSPS) is 9.65. The van der Waals surface area contributed by atoms with Gasteiger partial charge in [-0.2, -0.15) is 0 Å². The van der Waals surface area contributed by atoms with Crippen molar-refractivity contribution in [3.8, 4) is 5.88 Å². The molecule has 7 heteroatoms. The van der Waals surface area contributed by atoms with Crippen LogP contribution in [0.25, 0.3) is 0 Å². The van der Waals surface area contributed by atoms with Crippen LogP contribution in [0.3, 0.4) is 0 Å². The number of rotatable bonds is 4. The average Bonchev–Trinajstić information content (AvgIpc) is 2.62. The topological polar surface area (TPSA) is 97.2 Å². The largest absolute Gasteiger partial charge is 0.480 e. The Morgan fingerprint density at radius 2 is 1.69 bits per heavy atom. The Balaban J connectivity index is 0.000000197. The number of carboxylic acid groups (broad SMARTS) is 1. The molecule has 0 atom stereocenters. The molecule has 7 nitrogen and oxygen atoms in total. The summed E-state index contributed by atoms with van der Waals surface area (Å²) in [7, 11) is 1.38. The average molecular weight is 352 g/mol. The lowest BCUT2D eigenvalue weighted by atomic mass is 10.3. The van der Waals surface area contributed by atoms with E-state index in [1.807, 2.05) is 50.2 Å². The number of benzene rings is 1. The molecule has 0 radical (unpaired) electrons. The second-order valence-corrected chi connectivity index (χ2v) is 5.33. The molecule has 2 heterocycles. The second kappa shape index (κ2) is 9.12. The smallest absolute Gasteiger partial charge is 0.341 e. The Bertz CT molecular complexity index is 849. The Hall–Kier alpha value is -3.48. The third-order valence-electron chi connectivity index (χ3n) is 3.21. The first kappa shape index (κ1) is 18.9. The summed E-state index contributed by atoms with van der Waals surface area (Å²) in [5.41, 5.74) is 3.03. The van der Waals surface area contributed by atoms with Gasteiger partial charge in [-0.3, -0.25) is 0 Å². The van der Waals surface area contributed by atoms with E-state index in [4.69, 9.17) is 9.84 Å². The summed E-state index contributed by atoms with van der Waals surface area (Å²) in [6.45, 7) is 3.93. The highest BCUT2D eigenvalue weighted by atomic mass is 16.5. The number of nitrogens with zero attached hydrogens (tertiary/aromatic N) is 3. The molecule has 0 saturated heterocycles. The number of aryl methyl sites for hydroxylation is 2. The van der Waals surface area contributed by atoms with Crippen molar-refractivity contribution in [1.29, 1.82) is 0 Å². The van der Waals surface area contributed by atoms with Crippen LogP contribution in [0, 0.1) is 13.8 Å². The van der Waals surface area contributed by atoms with Gasteiger partial charge in [0.25, 0.3) is 0 Å². The molecule has 3 rings (SSSR count). The van der Waals surface area contributed by atoms with Gasteiger partial charge in [0.2, 0.25) is 11.8 Å². The minimum atomic E-state index is -1.03. The van der Waals surface area contributed by atoms with Crippen molar-refractivity contribution in [2.75, 3.05) is 12.4 Å². The van der Waals surface area contributed by atoms with E-state index in [0.717, 1.165) is 17.1 Å². The molecular formula is C19H20N4O3. The van der Waals surface area contributed by atoms with E-state index in [1.54, 1.807) is 6.07 Å². The number of anilines is 2. The van der Waals surface area contributed by atoms with Crippen LogP contribution in [0.2, 0.25) is 0 Å². The molecule has 0 unspecified atom stereocenters. The maximum absolute atomic E-state index is 10.5. The van der Waals surface area contributed by atoms with E-state index in [2.05, 4.69) is 20.3 Å². The van der Waals surface area contributed by atoms with Crippen LogP contribution >= 0.6 is 0 Å². The fourth-order valence-electron chi connectivity index (χ4n) is 2.15. The third-order valence-corrected chi connectivity index (χ3v) is 3.21. The van der Waals surface area contributed by atoms with Gasteiger partial charge in [-0.05, 0) is 44.2 Å². The molecule has 0 aliphatic carbocycles. The number of carbonyl (C=O) groups is 1. The molecular weight excluding hydrogens is 332 g/mol. The standard InChI is InChI=1S/C12H13N3.C7H7NO3/c1-9-8-10(2)14-12(13-9)15-11-6-4-3-5-7-11;1-11-6-5(7(9)10)3-2-4-8-6/h3-8H,1-2H3,(H,13,14,15);2-4H,1H3,(H,9,10). The molecule has 134 valence electrons. The van der Waals surface area contributed by atoms with Crippen molar-refractivity contribution >= 4 is 17.6 Å². The van der Waals surface area contributed by atoms with Gasteiger partial charge in [0.1, 0.15) is 5.56 Å². The fourth-order valence-corrected chi connectivity index (χ4v) is 2.15. The van der Waals surface area contributed by atoms with Crippen molar-refractivity contribution in [3.05, 3.63) is 71.7 Å². The number of ether oxygens (including phenoxy) is 1. The SMILES string of the molecule is COc1ncccc1C(=O)O.Cc1cc(C)nc(Nc2ccccc2)n1. The van der Waals surface area contributed by atoms with Crippen molar-refractivity contribution in [2.45, 2.75) is 13.8 Å². The van der Waals surface area contributed by atoms with E-state index >= 15 is 0 Å². The zero-order chi connectivity index (χ0) is 18.9. The van der Waals surface area contributed by atoms with Crippen molar-refractivity contribution in [3.63, 3.8) is 0 Å². The second-order valence-electron chi connectivity index (χ2n) is 5.33. The summed E-state index contributed by atoms with van der Waals surface area (Å²) >= 11 is 0. The van der Waals surface area contributed by atoms with Crippen LogP contribution < -0.4 is 10.1 Å². The highest BCUT2D eigenvalue weighted by Crippen LogP contribution is 2.13. The lowest BCUT2D eigenvalue weighted by Gasteiger charge is -2.05. The lowest BCUT2D eigenvalue weighted by molar-refractivity contribution is 0.0692. The van der Waals surface area contributed by atoms with Crippen LogP contribution in [-0.4, -0.2) is 33.1 Å². The minimum absolute atomic E-state index is 0.0787. The number of methoxy groups -OCH3 is 1. The van der Waals surface area contributed by atoms with Gasteiger partial charge in [0, 0.05) is 23.3 Å². The summed E-state index contributed by atoms with van der Waals surface area (Å²) < 4.78 is 4.71. The van der Waals surface area contributed by atoms with Crippen LogP contribution in [0.5, 0.6) is 5.88 Å². The van der Waals surface area contributed by atoms with Gasteiger partial charge in [0.05, 0.1) is 7.11 Å². The van der Waals surface area contributed by atoms with Gasteiger partial charge in [-0.25, -0.2) is 19.7 Å². The molecule has 0 saturated carbocycles. The molecule has 1 aromatic carbocycles. The number of nitrogens with one attached hydrogen (secondary N) is 1. The third kappa shape index (κ3) is 5.55. The summed E-state index contributed by atoms with van der Waals surface area (Å²) in [6, 6.07) is 14.8. The number of aromatic nitrogens is 3. The summed E-state index contributed by atoms with van der Waals surface area (Å²) in [5.74, 6) is -0.242. The minimum Gasteiger partial charge on any atom is -0.480 e. The molecule has 3 aromatic rings. The van der Waals surface area contributed by atoms with E-state index in [1.165, 1.54) is 19.4 Å². The molecule has 2 aromatic heterocycles. The van der Waals surface area contributed by atoms with Gasteiger partial charge in [0.15, 0.2) is 0 Å². The number of pyridine rings is 1.